The second-order valence-electron chi connectivity index (χ2n) is 6.37. The Balaban J connectivity index is 0.00000182. The maximum absolute atomic E-state index is 5.53. The van der Waals surface area contributed by atoms with Gasteiger partial charge in [-0.05, 0) is 75.1 Å². The van der Waals surface area contributed by atoms with Gasteiger partial charge in [0, 0.05) is 16.8 Å². The summed E-state index contributed by atoms with van der Waals surface area (Å²) in [5.41, 5.74) is 7.27. The van der Waals surface area contributed by atoms with E-state index in [4.69, 9.17) is 9.72 Å². The minimum absolute atomic E-state index is 0. The van der Waals surface area contributed by atoms with Crippen molar-refractivity contribution < 1.29 is 17.1 Å². The van der Waals surface area contributed by atoms with Gasteiger partial charge >= 0.3 is 0 Å². The molecule has 0 aliphatic heterocycles. The molecule has 0 spiro atoms. The van der Waals surface area contributed by atoms with Gasteiger partial charge in [-0.1, -0.05) is 11.6 Å². The maximum atomic E-state index is 5.53. The van der Waals surface area contributed by atoms with Crippen LogP contribution in [-0.2, 0) is 12.8 Å². The third-order valence-corrected chi connectivity index (χ3v) is 4.60. The van der Waals surface area contributed by atoms with Crippen LogP contribution in [0.25, 0.3) is 10.9 Å². The third-order valence-electron chi connectivity index (χ3n) is 4.60. The van der Waals surface area contributed by atoms with Crippen molar-refractivity contribution in [1.29, 1.82) is 0 Å². The fourth-order valence-corrected chi connectivity index (χ4v) is 3.46. The lowest BCUT2D eigenvalue weighted by Gasteiger charge is -2.15. The number of fused-ring (bicyclic) bond motifs is 2. The summed E-state index contributed by atoms with van der Waals surface area (Å²) in [5.74, 6) is 0.906. The van der Waals surface area contributed by atoms with Crippen LogP contribution in [0, 0.1) is 6.92 Å². The zero-order valence-corrected chi connectivity index (χ0v) is 15.4. The van der Waals surface area contributed by atoms with Gasteiger partial charge in [0.25, 0.3) is 0 Å². The number of hydrogen-bond acceptors (Lipinski definition) is 3. The van der Waals surface area contributed by atoms with Crippen molar-refractivity contribution in [3.8, 4) is 5.75 Å². The largest absolute Gasteiger partial charge is 1.00 e. The fourth-order valence-electron chi connectivity index (χ4n) is 3.46. The summed E-state index contributed by atoms with van der Waals surface area (Å²) >= 11 is 0. The van der Waals surface area contributed by atoms with Crippen LogP contribution in [0.15, 0.2) is 42.5 Å². The molecule has 0 bridgehead atoms. The summed E-state index contributed by atoms with van der Waals surface area (Å²) < 4.78 is 5.53. The topological polar surface area (TPSA) is 34.1 Å². The molecular weight excluding hydrogens is 332 g/mol. The number of aryl methyl sites for hydroxylation is 2. The van der Waals surface area contributed by atoms with Gasteiger partial charge in [-0.2, -0.15) is 0 Å². The minimum Gasteiger partial charge on any atom is -1.00 e. The lowest BCUT2D eigenvalue weighted by Crippen LogP contribution is -3.00. The number of ether oxygens (including phenoxy) is 1. The van der Waals surface area contributed by atoms with Gasteiger partial charge in [0.05, 0.1) is 17.8 Å². The van der Waals surface area contributed by atoms with Crippen LogP contribution >= 0.6 is 0 Å². The summed E-state index contributed by atoms with van der Waals surface area (Å²) in [7, 11) is 0. The molecule has 4 heteroatoms. The fraction of sp³-hybridized carbons (Fsp3) is 0.286. The highest BCUT2D eigenvalue weighted by Gasteiger charge is 2.19. The van der Waals surface area contributed by atoms with Crippen molar-refractivity contribution in [2.24, 2.45) is 0 Å². The Kier molecular flexibility index (Phi) is 5.14. The van der Waals surface area contributed by atoms with Gasteiger partial charge in [0.15, 0.2) is 0 Å². The Morgan fingerprint density at radius 3 is 2.64 bits per heavy atom. The first kappa shape index (κ1) is 17.6. The monoisotopic (exact) mass is 353 g/mol. The Morgan fingerprint density at radius 1 is 1.08 bits per heavy atom. The van der Waals surface area contributed by atoms with E-state index < -0.39 is 0 Å². The highest BCUT2D eigenvalue weighted by Crippen LogP contribution is 2.36. The number of benzene rings is 2. The molecule has 4 rings (SSSR count). The highest BCUT2D eigenvalue weighted by atomic mass is 35.5. The molecule has 2 aromatic carbocycles. The highest BCUT2D eigenvalue weighted by molar-refractivity contribution is 5.96. The number of hydrogen-bond donors (Lipinski definition) is 1. The normalized spacial score (nSPS) is 12.6. The lowest BCUT2D eigenvalue weighted by molar-refractivity contribution is -0.00000547. The summed E-state index contributed by atoms with van der Waals surface area (Å²) in [6, 6.07) is 14.7. The Morgan fingerprint density at radius 2 is 1.88 bits per heavy atom. The van der Waals surface area contributed by atoms with Crippen LogP contribution in [0.5, 0.6) is 5.75 Å². The minimum atomic E-state index is 0. The molecule has 1 heterocycles. The van der Waals surface area contributed by atoms with Crippen LogP contribution in [0.1, 0.15) is 30.2 Å². The summed E-state index contributed by atoms with van der Waals surface area (Å²) in [6.45, 7) is 4.82. The maximum Gasteiger partial charge on any atom is 0.119 e. The third kappa shape index (κ3) is 3.42. The van der Waals surface area contributed by atoms with E-state index in [1.807, 2.05) is 19.1 Å². The molecule has 25 heavy (non-hydrogen) atoms. The smallest absolute Gasteiger partial charge is 0.119 e. The number of rotatable bonds is 4. The van der Waals surface area contributed by atoms with Crippen LogP contribution in [0.4, 0.5) is 11.4 Å². The predicted octanol–water partition coefficient (Wildman–Crippen LogP) is 2.18. The van der Waals surface area contributed by atoms with Gasteiger partial charge in [-0.25, -0.2) is 0 Å². The van der Waals surface area contributed by atoms with Crippen molar-refractivity contribution >= 4 is 22.3 Å². The quantitative estimate of drug-likeness (QED) is 0.780. The van der Waals surface area contributed by atoms with E-state index in [1.165, 1.54) is 34.3 Å². The van der Waals surface area contributed by atoms with E-state index in [0.717, 1.165) is 29.8 Å². The van der Waals surface area contributed by atoms with E-state index in [2.05, 4.69) is 42.6 Å². The summed E-state index contributed by atoms with van der Waals surface area (Å²) in [5, 5.41) is 4.86. The first-order valence-corrected chi connectivity index (χ1v) is 8.66. The molecule has 1 N–H and O–H groups in total. The van der Waals surface area contributed by atoms with E-state index in [-0.39, 0.29) is 12.4 Å². The van der Waals surface area contributed by atoms with Crippen molar-refractivity contribution in [3.63, 3.8) is 0 Å². The second kappa shape index (κ2) is 7.32. The SMILES string of the molecule is CCOc1ccc(Nc2c3c(nc4ccc(C)cc24)CCC3)cc1.[Cl-]. The van der Waals surface area contributed by atoms with E-state index in [1.54, 1.807) is 0 Å². The number of halogens is 1. The molecule has 0 unspecified atom stereocenters. The zero-order valence-electron chi connectivity index (χ0n) is 14.6. The number of nitrogens with one attached hydrogen (secondary N) is 1. The summed E-state index contributed by atoms with van der Waals surface area (Å²) in [4.78, 5) is 4.88. The Bertz CT molecular complexity index is 891. The van der Waals surface area contributed by atoms with Gasteiger partial charge in [-0.3, -0.25) is 4.98 Å². The average Bonchev–Trinajstić information content (AvgIpc) is 3.05. The van der Waals surface area contributed by atoms with E-state index >= 15 is 0 Å². The Hall–Kier alpha value is -2.26. The predicted molar refractivity (Wildman–Crippen MR) is 99.4 cm³/mol. The van der Waals surface area contributed by atoms with Crippen molar-refractivity contribution in [2.45, 2.75) is 33.1 Å². The molecular formula is C21H22ClN2O-. The van der Waals surface area contributed by atoms with Gasteiger partial charge in [0.1, 0.15) is 5.75 Å². The van der Waals surface area contributed by atoms with E-state index in [9.17, 15) is 0 Å². The Labute approximate surface area is 154 Å². The molecule has 1 aromatic heterocycles. The molecule has 0 saturated carbocycles. The van der Waals surface area contributed by atoms with Crippen LogP contribution in [0.2, 0.25) is 0 Å². The van der Waals surface area contributed by atoms with E-state index in [0.29, 0.717) is 6.61 Å². The molecule has 1 aliphatic carbocycles. The number of nitrogens with zero attached hydrogens (tertiary/aromatic N) is 1. The molecule has 0 fully saturated rings. The number of aromatic nitrogens is 1. The van der Waals surface area contributed by atoms with Crippen molar-refractivity contribution in [2.75, 3.05) is 11.9 Å². The summed E-state index contributed by atoms with van der Waals surface area (Å²) in [6.07, 6.45) is 3.37. The van der Waals surface area contributed by atoms with Gasteiger partial charge in [0.2, 0.25) is 0 Å². The first-order valence-electron chi connectivity index (χ1n) is 8.66. The molecule has 0 saturated heterocycles. The van der Waals surface area contributed by atoms with Gasteiger partial charge < -0.3 is 22.5 Å². The van der Waals surface area contributed by atoms with Crippen LogP contribution in [-0.4, -0.2) is 11.6 Å². The first-order chi connectivity index (χ1) is 11.7. The lowest BCUT2D eigenvalue weighted by atomic mass is 10.0. The average molecular weight is 354 g/mol. The van der Waals surface area contributed by atoms with Crippen molar-refractivity contribution in [3.05, 3.63) is 59.3 Å². The van der Waals surface area contributed by atoms with Gasteiger partial charge in [-0.15, -0.1) is 0 Å². The molecule has 130 valence electrons. The molecule has 3 nitrogen and oxygen atoms in total. The van der Waals surface area contributed by atoms with Crippen LogP contribution in [0.3, 0.4) is 0 Å². The second-order valence-corrected chi connectivity index (χ2v) is 6.37. The molecule has 0 amide bonds. The zero-order chi connectivity index (χ0) is 16.5. The molecule has 0 atom stereocenters. The number of anilines is 2. The molecule has 1 aliphatic rings. The standard InChI is InChI=1S/C21H22N2O.ClH/c1-3-24-16-10-8-15(9-11-16)22-21-17-5-4-6-19(17)23-20-12-7-14(2)13-18(20)21;/h7-13H,3-6H2,1-2H3,(H,22,23);1H/p-1. The molecule has 0 radical (unpaired) electrons. The number of pyridine rings is 1. The van der Waals surface area contributed by atoms with Crippen LogP contribution < -0.4 is 22.5 Å². The molecule has 3 aromatic rings. The van der Waals surface area contributed by atoms with Crippen molar-refractivity contribution in [1.82, 2.24) is 4.98 Å².